The van der Waals surface area contributed by atoms with Gasteiger partial charge in [-0.1, -0.05) is 26.0 Å². The van der Waals surface area contributed by atoms with E-state index in [1.807, 2.05) is 0 Å². The minimum atomic E-state index is -0.459. The Labute approximate surface area is 130 Å². The first-order valence-electron chi connectivity index (χ1n) is 7.48. The van der Waals surface area contributed by atoms with Crippen molar-refractivity contribution in [2.75, 3.05) is 31.5 Å². The first-order chi connectivity index (χ1) is 10.6. The largest absolute Gasteiger partial charge is 0.363 e. The Morgan fingerprint density at radius 3 is 2.36 bits per heavy atom. The van der Waals surface area contributed by atoms with Crippen molar-refractivity contribution in [2.24, 2.45) is 0 Å². The molecule has 0 unspecified atom stereocenters. The first kappa shape index (κ1) is 17.9. The molecule has 22 heavy (non-hydrogen) atoms. The molecule has 0 spiro atoms. The second-order valence-corrected chi connectivity index (χ2v) is 4.76. The van der Waals surface area contributed by atoms with Gasteiger partial charge in [0.1, 0.15) is 0 Å². The summed E-state index contributed by atoms with van der Waals surface area (Å²) in [4.78, 5) is 26.6. The lowest BCUT2D eigenvalue weighted by atomic mass is 10.4. The van der Waals surface area contributed by atoms with E-state index in [4.69, 9.17) is 0 Å². The third kappa shape index (κ3) is 4.42. The van der Waals surface area contributed by atoms with E-state index in [1.165, 1.54) is 10.8 Å². The Hall–Kier alpha value is -2.15. The van der Waals surface area contributed by atoms with Crippen LogP contribution in [-0.2, 0) is 13.1 Å². The van der Waals surface area contributed by atoms with Crippen molar-refractivity contribution in [2.45, 2.75) is 26.9 Å². The maximum absolute atomic E-state index is 12.3. The molecule has 7 heteroatoms. The van der Waals surface area contributed by atoms with Crippen LogP contribution in [0, 0.1) is 0 Å². The molecule has 0 aromatic carbocycles. The molecule has 1 rings (SSSR count). The van der Waals surface area contributed by atoms with Gasteiger partial charge >= 0.3 is 5.69 Å². The van der Waals surface area contributed by atoms with E-state index in [9.17, 15) is 9.59 Å². The molecule has 1 aromatic heterocycles. The Balaban J connectivity index is 3.03. The number of nitrogens with one attached hydrogen (secondary N) is 1. The highest BCUT2D eigenvalue weighted by Crippen LogP contribution is 1.93. The summed E-state index contributed by atoms with van der Waals surface area (Å²) in [6, 6.07) is 0. The fraction of sp³-hybridized carbons (Fsp3) is 0.533. The molecule has 1 heterocycles. The van der Waals surface area contributed by atoms with Gasteiger partial charge in [-0.2, -0.15) is 0 Å². The molecule has 0 saturated heterocycles. The highest BCUT2D eigenvalue weighted by atomic mass is 16.2. The van der Waals surface area contributed by atoms with Gasteiger partial charge in [-0.15, -0.1) is 18.3 Å². The first-order valence-corrected chi connectivity index (χ1v) is 7.48. The van der Waals surface area contributed by atoms with Crippen LogP contribution in [0.15, 0.2) is 34.9 Å². The lowest BCUT2D eigenvalue weighted by Gasteiger charge is -2.18. The zero-order valence-electron chi connectivity index (χ0n) is 13.4. The predicted molar refractivity (Wildman–Crippen MR) is 89.4 cm³/mol. The van der Waals surface area contributed by atoms with E-state index in [0.29, 0.717) is 6.54 Å². The third-order valence-corrected chi connectivity index (χ3v) is 3.35. The van der Waals surface area contributed by atoms with Gasteiger partial charge in [-0.05, 0) is 13.1 Å². The second-order valence-electron chi connectivity index (χ2n) is 4.76. The molecule has 1 N–H and O–H groups in total. The molecule has 7 nitrogen and oxygen atoms in total. The number of likely N-dealkylation sites (N-methyl/N-ethyl adjacent to an activating group) is 1. The summed E-state index contributed by atoms with van der Waals surface area (Å²) in [6.07, 6.45) is 3.08. The fourth-order valence-electron chi connectivity index (χ4n) is 2.07. The van der Waals surface area contributed by atoms with Crippen LogP contribution in [0.5, 0.6) is 0 Å². The van der Waals surface area contributed by atoms with Gasteiger partial charge in [0.15, 0.2) is 0 Å². The summed E-state index contributed by atoms with van der Waals surface area (Å²) in [6.45, 7) is 15.0. The molecule has 0 aliphatic rings. The summed E-state index contributed by atoms with van der Waals surface area (Å²) < 4.78 is 2.33. The molecule has 0 bridgehead atoms. The summed E-state index contributed by atoms with van der Waals surface area (Å²) in [7, 11) is 0. The number of aromatic nitrogens is 3. The number of nitrogens with zero attached hydrogens (tertiary/aromatic N) is 4. The van der Waals surface area contributed by atoms with Crippen LogP contribution >= 0.6 is 0 Å². The SMILES string of the molecule is C=CCn1nc(NCCN(CC)CC)c(=O)n(CC=C)c1=O. The normalized spacial score (nSPS) is 10.7. The lowest BCUT2D eigenvalue weighted by molar-refractivity contribution is 0.315. The zero-order valence-corrected chi connectivity index (χ0v) is 13.4. The van der Waals surface area contributed by atoms with Crippen LogP contribution in [0.1, 0.15) is 13.8 Å². The van der Waals surface area contributed by atoms with E-state index >= 15 is 0 Å². The number of rotatable bonds is 10. The van der Waals surface area contributed by atoms with Crippen LogP contribution in [0.3, 0.4) is 0 Å². The van der Waals surface area contributed by atoms with E-state index in [1.54, 1.807) is 6.08 Å². The zero-order chi connectivity index (χ0) is 16.5. The monoisotopic (exact) mass is 307 g/mol. The van der Waals surface area contributed by atoms with Crippen molar-refractivity contribution in [3.8, 4) is 0 Å². The van der Waals surface area contributed by atoms with E-state index in [2.05, 4.69) is 42.3 Å². The predicted octanol–water partition coefficient (Wildman–Crippen LogP) is 0.531. The second kappa shape index (κ2) is 8.99. The van der Waals surface area contributed by atoms with E-state index < -0.39 is 11.2 Å². The fourth-order valence-corrected chi connectivity index (χ4v) is 2.07. The minimum Gasteiger partial charge on any atom is -0.363 e. The van der Waals surface area contributed by atoms with Gasteiger partial charge < -0.3 is 10.2 Å². The summed E-state index contributed by atoms with van der Waals surface area (Å²) in [5.41, 5.74) is -0.885. The van der Waals surface area contributed by atoms with Gasteiger partial charge in [0, 0.05) is 19.6 Å². The van der Waals surface area contributed by atoms with Gasteiger partial charge in [0.2, 0.25) is 5.82 Å². The third-order valence-electron chi connectivity index (χ3n) is 3.35. The number of hydrogen-bond acceptors (Lipinski definition) is 5. The highest BCUT2D eigenvalue weighted by molar-refractivity contribution is 5.29. The van der Waals surface area contributed by atoms with Crippen molar-refractivity contribution in [1.82, 2.24) is 19.2 Å². The van der Waals surface area contributed by atoms with Crippen molar-refractivity contribution in [3.63, 3.8) is 0 Å². The van der Waals surface area contributed by atoms with Crippen LogP contribution in [-0.4, -0.2) is 45.4 Å². The Bertz CT molecular complexity index is 613. The average Bonchev–Trinajstić information content (AvgIpc) is 2.52. The quantitative estimate of drug-likeness (QED) is 0.639. The van der Waals surface area contributed by atoms with Crippen molar-refractivity contribution < 1.29 is 0 Å². The molecule has 122 valence electrons. The lowest BCUT2D eigenvalue weighted by Crippen LogP contribution is -2.43. The molecule has 0 aliphatic heterocycles. The average molecular weight is 307 g/mol. The smallest absolute Gasteiger partial charge is 0.348 e. The van der Waals surface area contributed by atoms with Gasteiger partial charge in [-0.25, -0.2) is 9.48 Å². The Kier molecular flexibility index (Phi) is 7.31. The summed E-state index contributed by atoms with van der Waals surface area (Å²) in [5, 5.41) is 7.11. The summed E-state index contributed by atoms with van der Waals surface area (Å²) in [5.74, 6) is 0.176. The van der Waals surface area contributed by atoms with Gasteiger partial charge in [0.05, 0.1) is 6.54 Å². The molecule has 0 amide bonds. The van der Waals surface area contributed by atoms with E-state index in [0.717, 1.165) is 24.2 Å². The Morgan fingerprint density at radius 1 is 1.18 bits per heavy atom. The molecular weight excluding hydrogens is 282 g/mol. The molecule has 1 aromatic rings. The molecule has 0 radical (unpaired) electrons. The molecule has 0 fully saturated rings. The highest BCUT2D eigenvalue weighted by Gasteiger charge is 2.11. The van der Waals surface area contributed by atoms with Gasteiger partial charge in [0.25, 0.3) is 5.56 Å². The van der Waals surface area contributed by atoms with Crippen LogP contribution in [0.25, 0.3) is 0 Å². The Morgan fingerprint density at radius 2 is 1.82 bits per heavy atom. The van der Waals surface area contributed by atoms with Crippen LogP contribution < -0.4 is 16.6 Å². The van der Waals surface area contributed by atoms with Crippen molar-refractivity contribution in [1.29, 1.82) is 0 Å². The standard InChI is InChI=1S/C15H25N5O2/c1-5-10-19-14(21)13(16-9-12-18(7-3)8-4)17-20(11-6-2)15(19)22/h5-6H,1-2,7-12H2,3-4H3,(H,16,17). The number of hydrogen-bond donors (Lipinski definition) is 1. The minimum absolute atomic E-state index is 0.155. The topological polar surface area (TPSA) is 72.2 Å². The molecule has 0 atom stereocenters. The van der Waals surface area contributed by atoms with Crippen LogP contribution in [0.2, 0.25) is 0 Å². The molecule has 0 saturated carbocycles. The maximum Gasteiger partial charge on any atom is 0.348 e. The van der Waals surface area contributed by atoms with Gasteiger partial charge in [-0.3, -0.25) is 9.36 Å². The van der Waals surface area contributed by atoms with Crippen molar-refractivity contribution >= 4 is 5.82 Å². The van der Waals surface area contributed by atoms with Crippen molar-refractivity contribution in [3.05, 3.63) is 46.1 Å². The van der Waals surface area contributed by atoms with Crippen LogP contribution in [0.4, 0.5) is 5.82 Å². The molecular formula is C15H25N5O2. The number of anilines is 1. The molecule has 0 aliphatic carbocycles. The van der Waals surface area contributed by atoms with E-state index in [-0.39, 0.29) is 18.9 Å². The number of allylic oxidation sites excluding steroid dienone is 2. The summed E-state index contributed by atoms with van der Waals surface area (Å²) >= 11 is 0. The maximum atomic E-state index is 12.3.